The summed E-state index contributed by atoms with van der Waals surface area (Å²) in [6.45, 7) is 4.79. The van der Waals surface area contributed by atoms with Crippen LogP contribution < -0.4 is 10.3 Å². The lowest BCUT2D eigenvalue weighted by Gasteiger charge is -2.36. The highest BCUT2D eigenvalue weighted by Crippen LogP contribution is 2.44. The van der Waals surface area contributed by atoms with E-state index in [1.54, 1.807) is 19.1 Å². The highest BCUT2D eigenvalue weighted by atomic mass is 19.4. The number of aromatic nitrogens is 1. The number of para-hydroxylation sites is 1. The summed E-state index contributed by atoms with van der Waals surface area (Å²) in [7, 11) is 1.46. The number of methoxy groups -OCH3 is 1. The van der Waals surface area contributed by atoms with Gasteiger partial charge in [-0.25, -0.2) is 4.39 Å². The minimum atomic E-state index is -5.05. The first-order valence-corrected chi connectivity index (χ1v) is 10.8. The number of aliphatic hydroxyl groups is 1. The van der Waals surface area contributed by atoms with E-state index in [-0.39, 0.29) is 16.6 Å². The van der Waals surface area contributed by atoms with Crippen LogP contribution in [0.2, 0.25) is 0 Å². The number of hydrogen-bond acceptors (Lipinski definition) is 4. The number of nitrogens with one attached hydrogen (secondary N) is 1. The van der Waals surface area contributed by atoms with Gasteiger partial charge < -0.3 is 14.8 Å². The third-order valence-corrected chi connectivity index (χ3v) is 6.32. The number of rotatable bonds is 7. The summed E-state index contributed by atoms with van der Waals surface area (Å²) in [6, 6.07) is 9.82. The van der Waals surface area contributed by atoms with Crippen molar-refractivity contribution in [1.29, 1.82) is 0 Å². The Morgan fingerprint density at radius 2 is 1.85 bits per heavy atom. The van der Waals surface area contributed by atoms with Crippen LogP contribution in [-0.4, -0.2) is 35.2 Å². The summed E-state index contributed by atoms with van der Waals surface area (Å²) in [5.74, 6) is -2.38. The summed E-state index contributed by atoms with van der Waals surface area (Å²) in [4.78, 5) is 17.7. The van der Waals surface area contributed by atoms with Gasteiger partial charge in [0.25, 0.3) is 0 Å². The van der Waals surface area contributed by atoms with Gasteiger partial charge >= 0.3 is 6.18 Å². The molecule has 2 aromatic carbocycles. The molecule has 3 atom stereocenters. The number of alkyl halides is 3. The molecule has 0 bridgehead atoms. The molecule has 0 saturated heterocycles. The van der Waals surface area contributed by atoms with Gasteiger partial charge in [0.1, 0.15) is 11.6 Å². The second-order valence-electron chi connectivity index (χ2n) is 8.23. The molecule has 3 rings (SSSR count). The Labute approximate surface area is 194 Å². The first-order valence-electron chi connectivity index (χ1n) is 10.8. The summed E-state index contributed by atoms with van der Waals surface area (Å²) >= 11 is 0. The lowest BCUT2D eigenvalue weighted by Crippen LogP contribution is -2.53. The molecular weight excluding hydrogens is 452 g/mol. The molecule has 0 aliphatic carbocycles. The molecule has 3 unspecified atom stereocenters. The van der Waals surface area contributed by atoms with Crippen LogP contribution in [0.5, 0.6) is 5.75 Å². The van der Waals surface area contributed by atoms with Gasteiger partial charge in [-0.2, -0.15) is 13.2 Å². The molecule has 0 radical (unpaired) electrons. The third kappa shape index (κ3) is 4.57. The lowest BCUT2D eigenvalue weighted by atomic mass is 9.76. The number of ether oxygens (including phenoxy) is 1. The number of aromatic amines is 1. The topological polar surface area (TPSA) is 74.7 Å². The zero-order valence-electron chi connectivity index (χ0n) is 19.2. The lowest BCUT2D eigenvalue weighted by molar-refractivity contribution is -0.246. The minimum absolute atomic E-state index is 0.0271. The zero-order valence-corrected chi connectivity index (χ0v) is 19.2. The Hall–Kier alpha value is -3.20. The fraction of sp³-hybridized carbons (Fsp3) is 0.360. The molecule has 182 valence electrons. The minimum Gasteiger partial charge on any atom is -0.496 e. The predicted octanol–water partition coefficient (Wildman–Crippen LogP) is 5.67. The number of hydrogen-bond donors (Lipinski definition) is 2. The average Bonchev–Trinajstić information content (AvgIpc) is 2.81. The Morgan fingerprint density at radius 3 is 2.47 bits per heavy atom. The van der Waals surface area contributed by atoms with Crippen LogP contribution in [0.1, 0.15) is 37.8 Å². The fourth-order valence-corrected chi connectivity index (χ4v) is 4.07. The van der Waals surface area contributed by atoms with Crippen molar-refractivity contribution in [2.45, 2.75) is 44.9 Å². The Kier molecular flexibility index (Phi) is 7.16. The molecule has 5 nitrogen and oxygen atoms in total. The summed E-state index contributed by atoms with van der Waals surface area (Å²) in [5, 5.41) is 11.0. The molecule has 34 heavy (non-hydrogen) atoms. The van der Waals surface area contributed by atoms with Crippen molar-refractivity contribution in [2.24, 2.45) is 10.9 Å². The molecular formula is C25H26F4N2O3. The van der Waals surface area contributed by atoms with Crippen LogP contribution in [0.15, 0.2) is 52.3 Å². The molecule has 1 aromatic heterocycles. The normalized spacial score (nSPS) is 15.9. The Bertz CT molecular complexity index is 1270. The Morgan fingerprint density at radius 1 is 1.15 bits per heavy atom. The smallest absolute Gasteiger partial charge is 0.422 e. The third-order valence-electron chi connectivity index (χ3n) is 6.32. The monoisotopic (exact) mass is 478 g/mol. The van der Waals surface area contributed by atoms with Crippen molar-refractivity contribution in [3.05, 3.63) is 69.8 Å². The second-order valence-corrected chi connectivity index (χ2v) is 8.23. The molecule has 0 fully saturated rings. The highest BCUT2D eigenvalue weighted by molar-refractivity contribution is 5.92. The van der Waals surface area contributed by atoms with Crippen LogP contribution in [0.25, 0.3) is 10.9 Å². The van der Waals surface area contributed by atoms with Gasteiger partial charge in [0.15, 0.2) is 5.60 Å². The molecule has 1 heterocycles. The SMILES string of the molecule is CCc1cccc(C(C)C(C)C(O)(C=Nc2ccc(F)c3[nH]c(=O)ccc23)C(F)(F)F)c1OC. The number of fused-ring (bicyclic) bond motifs is 1. The van der Waals surface area contributed by atoms with Crippen molar-refractivity contribution >= 4 is 22.8 Å². The summed E-state index contributed by atoms with van der Waals surface area (Å²) in [5.41, 5.74) is -2.70. The van der Waals surface area contributed by atoms with Crippen LogP contribution in [-0.2, 0) is 6.42 Å². The van der Waals surface area contributed by atoms with Crippen molar-refractivity contribution in [3.63, 3.8) is 0 Å². The molecule has 0 amide bonds. The van der Waals surface area contributed by atoms with E-state index in [4.69, 9.17) is 4.74 Å². The molecule has 0 aliphatic heterocycles. The van der Waals surface area contributed by atoms with Gasteiger partial charge in [-0.05, 0) is 41.7 Å². The number of nitrogens with zero attached hydrogens (tertiary/aromatic N) is 1. The van der Waals surface area contributed by atoms with Crippen LogP contribution in [0, 0.1) is 11.7 Å². The van der Waals surface area contributed by atoms with Crippen molar-refractivity contribution in [1.82, 2.24) is 4.98 Å². The van der Waals surface area contributed by atoms with E-state index >= 15 is 0 Å². The van der Waals surface area contributed by atoms with E-state index in [2.05, 4.69) is 9.98 Å². The summed E-state index contributed by atoms with van der Waals surface area (Å²) in [6.07, 6.45) is -3.98. The maximum absolute atomic E-state index is 14.2. The van der Waals surface area contributed by atoms with E-state index in [1.165, 1.54) is 26.2 Å². The fourth-order valence-electron chi connectivity index (χ4n) is 4.07. The van der Waals surface area contributed by atoms with E-state index in [0.717, 1.165) is 17.7 Å². The summed E-state index contributed by atoms with van der Waals surface area (Å²) < 4.78 is 62.2. The number of benzene rings is 2. The molecule has 3 aromatic rings. The molecule has 0 aliphatic rings. The van der Waals surface area contributed by atoms with E-state index in [9.17, 15) is 27.5 Å². The molecule has 0 spiro atoms. The number of pyridine rings is 1. The van der Waals surface area contributed by atoms with Gasteiger partial charge in [-0.3, -0.25) is 9.79 Å². The van der Waals surface area contributed by atoms with Gasteiger partial charge in [-0.15, -0.1) is 0 Å². The number of aliphatic imine (C=N–C) groups is 1. The largest absolute Gasteiger partial charge is 0.496 e. The first-order chi connectivity index (χ1) is 15.9. The van der Waals surface area contributed by atoms with Gasteiger partial charge in [-0.1, -0.05) is 39.0 Å². The van der Waals surface area contributed by atoms with E-state index in [1.807, 2.05) is 13.0 Å². The van der Waals surface area contributed by atoms with E-state index in [0.29, 0.717) is 23.9 Å². The average molecular weight is 478 g/mol. The van der Waals surface area contributed by atoms with Crippen molar-refractivity contribution < 1.29 is 27.4 Å². The van der Waals surface area contributed by atoms with Crippen molar-refractivity contribution in [2.75, 3.05) is 7.11 Å². The zero-order chi connectivity index (χ0) is 25.3. The quantitative estimate of drug-likeness (QED) is 0.339. The van der Waals surface area contributed by atoms with Crippen molar-refractivity contribution in [3.8, 4) is 5.75 Å². The maximum atomic E-state index is 14.2. The predicted molar refractivity (Wildman–Crippen MR) is 124 cm³/mol. The van der Waals surface area contributed by atoms with Crippen LogP contribution in [0.3, 0.4) is 0 Å². The number of halogens is 4. The van der Waals surface area contributed by atoms with E-state index < -0.39 is 35.0 Å². The highest BCUT2D eigenvalue weighted by Gasteiger charge is 2.57. The van der Waals surface area contributed by atoms with Gasteiger partial charge in [0.05, 0.1) is 18.3 Å². The van der Waals surface area contributed by atoms with Gasteiger partial charge in [0.2, 0.25) is 5.56 Å². The van der Waals surface area contributed by atoms with Gasteiger partial charge in [0, 0.05) is 23.6 Å². The maximum Gasteiger partial charge on any atom is 0.422 e. The second kappa shape index (κ2) is 9.58. The standard InChI is InChI=1S/C25H26F4N2O3/c1-5-16-7-6-8-17(23(16)34-4)14(2)15(3)24(33,25(27,28)29)13-30-20-11-10-19(26)22-18(20)9-12-21(32)31-22/h6-15,33H,5H2,1-4H3,(H,31,32). The van der Waals surface area contributed by atoms with Crippen LogP contribution >= 0.6 is 0 Å². The first kappa shape index (κ1) is 25.4. The molecule has 0 saturated carbocycles. The van der Waals surface area contributed by atoms with Crippen LogP contribution in [0.4, 0.5) is 23.2 Å². The molecule has 9 heteroatoms. The molecule has 2 N–H and O–H groups in total. The number of aryl methyl sites for hydroxylation is 1. The Balaban J connectivity index is 2.09. The number of H-pyrrole nitrogens is 1.